The molecule has 2 aromatic carbocycles. The summed E-state index contributed by atoms with van der Waals surface area (Å²) in [6, 6.07) is 16.1. The van der Waals surface area contributed by atoms with E-state index in [1.807, 2.05) is 24.3 Å². The number of benzene rings is 2. The Balaban J connectivity index is 1.12. The third-order valence-corrected chi connectivity index (χ3v) is 8.65. The van der Waals surface area contributed by atoms with Crippen LogP contribution in [0.3, 0.4) is 0 Å². The lowest BCUT2D eigenvalue weighted by Crippen LogP contribution is -2.48. The molecule has 3 aromatic rings. The predicted molar refractivity (Wildman–Crippen MR) is 145 cm³/mol. The maximum atomic E-state index is 13.4. The summed E-state index contributed by atoms with van der Waals surface area (Å²) in [4.78, 5) is 18.1. The summed E-state index contributed by atoms with van der Waals surface area (Å²) in [5, 5.41) is 18.0. The molecular formula is C29H35N3O3S. The van der Waals surface area contributed by atoms with Gasteiger partial charge in [0.15, 0.2) is 0 Å². The van der Waals surface area contributed by atoms with Gasteiger partial charge in [0, 0.05) is 30.0 Å². The van der Waals surface area contributed by atoms with Crippen molar-refractivity contribution in [2.75, 3.05) is 37.6 Å². The van der Waals surface area contributed by atoms with Crippen LogP contribution in [0.4, 0.5) is 5.69 Å². The lowest BCUT2D eigenvalue weighted by atomic mass is 10.00. The number of thiophene rings is 1. The minimum Gasteiger partial charge on any atom is -0.490 e. The lowest BCUT2D eigenvalue weighted by molar-refractivity contribution is -0.126. The fourth-order valence-corrected chi connectivity index (χ4v) is 6.29. The van der Waals surface area contributed by atoms with Gasteiger partial charge in [-0.1, -0.05) is 18.2 Å². The number of aliphatic hydroxyl groups excluding tert-OH is 1. The minimum atomic E-state index is -0.761. The number of hydrogen-bond acceptors (Lipinski definition) is 6. The Kier molecular flexibility index (Phi) is 6.87. The standard InChI is InChI=1S/C29H35N3O3S/c33-28(21-4-7-24(8-5-21)35-25-9-10-25)26(19-31-13-1-2-14-31)30-29(34)22-11-15-32(18-22)23-6-3-20-12-16-36-27(20)17-23/h3-8,12,16-17,22,25-26,28,33H,1-2,9-11,13-15,18-19H2,(H,30,34)/t22-,26-,28-/m1/s1. The van der Waals surface area contributed by atoms with Gasteiger partial charge in [0.2, 0.25) is 5.91 Å². The zero-order valence-corrected chi connectivity index (χ0v) is 21.5. The van der Waals surface area contributed by atoms with Gasteiger partial charge >= 0.3 is 0 Å². The van der Waals surface area contributed by atoms with Crippen LogP contribution in [0.15, 0.2) is 53.9 Å². The molecule has 0 spiro atoms. The number of carbonyl (C=O) groups is 1. The average molecular weight is 506 g/mol. The van der Waals surface area contributed by atoms with Gasteiger partial charge in [-0.3, -0.25) is 4.79 Å². The van der Waals surface area contributed by atoms with Crippen molar-refractivity contribution in [2.45, 2.75) is 50.4 Å². The SMILES string of the molecule is O=C(N[C@H](CN1CCCC1)[C@H](O)c1ccc(OC2CC2)cc1)[C@@H]1CCN(c2ccc3ccsc3c2)C1. The van der Waals surface area contributed by atoms with E-state index in [0.29, 0.717) is 19.2 Å². The molecule has 1 amide bonds. The van der Waals surface area contributed by atoms with Crippen LogP contribution < -0.4 is 15.0 Å². The van der Waals surface area contributed by atoms with Gasteiger partial charge in [-0.15, -0.1) is 11.3 Å². The fourth-order valence-electron chi connectivity index (χ4n) is 5.47. The van der Waals surface area contributed by atoms with E-state index < -0.39 is 6.10 Å². The minimum absolute atomic E-state index is 0.0478. The Morgan fingerprint density at radius 2 is 1.86 bits per heavy atom. The molecule has 190 valence electrons. The molecule has 1 saturated carbocycles. The molecule has 2 N–H and O–H groups in total. The van der Waals surface area contributed by atoms with E-state index in [0.717, 1.165) is 50.2 Å². The van der Waals surface area contributed by atoms with Gasteiger partial charge in [-0.05, 0) is 91.9 Å². The number of nitrogens with one attached hydrogen (secondary N) is 1. The second-order valence-corrected chi connectivity index (χ2v) is 11.5. The summed E-state index contributed by atoms with van der Waals surface area (Å²) in [7, 11) is 0. The van der Waals surface area contributed by atoms with Gasteiger partial charge in [0.25, 0.3) is 0 Å². The van der Waals surface area contributed by atoms with E-state index in [9.17, 15) is 9.90 Å². The zero-order chi connectivity index (χ0) is 24.5. The first-order chi connectivity index (χ1) is 17.6. The normalized spacial score (nSPS) is 22.1. The van der Waals surface area contributed by atoms with E-state index in [4.69, 9.17) is 4.74 Å². The van der Waals surface area contributed by atoms with E-state index in [-0.39, 0.29) is 17.9 Å². The van der Waals surface area contributed by atoms with Crippen LogP contribution in [0.2, 0.25) is 0 Å². The van der Waals surface area contributed by atoms with Gasteiger partial charge < -0.3 is 25.0 Å². The van der Waals surface area contributed by atoms with Crippen molar-refractivity contribution in [3.05, 3.63) is 59.5 Å². The van der Waals surface area contributed by atoms with Crippen molar-refractivity contribution in [1.82, 2.24) is 10.2 Å². The summed E-state index contributed by atoms with van der Waals surface area (Å²) in [6.45, 7) is 4.29. The van der Waals surface area contributed by atoms with Crippen LogP contribution >= 0.6 is 11.3 Å². The summed E-state index contributed by atoms with van der Waals surface area (Å²) in [5.41, 5.74) is 2.00. The Bertz CT molecular complexity index is 1190. The molecule has 1 aromatic heterocycles. The van der Waals surface area contributed by atoms with Crippen molar-refractivity contribution < 1.29 is 14.6 Å². The van der Waals surface area contributed by atoms with Crippen LogP contribution in [0.1, 0.15) is 43.8 Å². The van der Waals surface area contributed by atoms with Crippen LogP contribution in [0, 0.1) is 5.92 Å². The van der Waals surface area contributed by atoms with Crippen LogP contribution in [-0.2, 0) is 4.79 Å². The topological polar surface area (TPSA) is 65.0 Å². The first-order valence-electron chi connectivity index (χ1n) is 13.3. The Labute approximate surface area is 216 Å². The number of nitrogens with zero attached hydrogens (tertiary/aromatic N) is 2. The molecule has 6 rings (SSSR count). The van der Waals surface area contributed by atoms with E-state index in [1.54, 1.807) is 11.3 Å². The Hall–Kier alpha value is -2.61. The molecule has 2 aliphatic heterocycles. The second-order valence-electron chi connectivity index (χ2n) is 10.5. The first kappa shape index (κ1) is 23.8. The Morgan fingerprint density at radius 3 is 2.64 bits per heavy atom. The van der Waals surface area contributed by atoms with Crippen LogP contribution in [-0.4, -0.2) is 60.8 Å². The maximum Gasteiger partial charge on any atom is 0.225 e. The average Bonchev–Trinajstić information content (AvgIpc) is 3.30. The predicted octanol–water partition coefficient (Wildman–Crippen LogP) is 4.58. The van der Waals surface area contributed by atoms with Crippen molar-refractivity contribution in [3.63, 3.8) is 0 Å². The van der Waals surface area contributed by atoms with Crippen LogP contribution in [0.5, 0.6) is 5.75 Å². The van der Waals surface area contributed by atoms with Crippen molar-refractivity contribution in [2.24, 2.45) is 5.92 Å². The molecule has 3 fully saturated rings. The highest BCUT2D eigenvalue weighted by Gasteiger charge is 2.33. The number of amides is 1. The number of fused-ring (bicyclic) bond motifs is 1. The molecule has 3 aliphatic rings. The van der Waals surface area contributed by atoms with E-state index in [1.165, 1.54) is 28.6 Å². The molecule has 7 heteroatoms. The third kappa shape index (κ3) is 5.38. The summed E-state index contributed by atoms with van der Waals surface area (Å²) in [5.74, 6) is 0.818. The molecule has 0 radical (unpaired) electrons. The van der Waals surface area contributed by atoms with Crippen molar-refractivity contribution in [1.29, 1.82) is 0 Å². The van der Waals surface area contributed by atoms with Crippen molar-refractivity contribution >= 4 is 33.0 Å². The molecule has 0 bridgehead atoms. The third-order valence-electron chi connectivity index (χ3n) is 7.78. The number of hydrogen-bond donors (Lipinski definition) is 2. The molecular weight excluding hydrogens is 470 g/mol. The highest BCUT2D eigenvalue weighted by atomic mass is 32.1. The molecule has 0 unspecified atom stereocenters. The number of anilines is 1. The molecule has 3 atom stereocenters. The number of likely N-dealkylation sites (tertiary alicyclic amines) is 1. The lowest BCUT2D eigenvalue weighted by Gasteiger charge is -2.30. The molecule has 6 nitrogen and oxygen atoms in total. The first-order valence-corrected chi connectivity index (χ1v) is 14.2. The summed E-state index contributed by atoms with van der Waals surface area (Å²) >= 11 is 1.75. The fraction of sp³-hybridized carbons (Fsp3) is 0.483. The monoisotopic (exact) mass is 505 g/mol. The molecule has 36 heavy (non-hydrogen) atoms. The van der Waals surface area contributed by atoms with E-state index >= 15 is 0 Å². The van der Waals surface area contributed by atoms with Crippen LogP contribution in [0.25, 0.3) is 10.1 Å². The zero-order valence-electron chi connectivity index (χ0n) is 20.6. The number of ether oxygens (including phenoxy) is 1. The maximum absolute atomic E-state index is 13.4. The highest BCUT2D eigenvalue weighted by molar-refractivity contribution is 7.17. The van der Waals surface area contributed by atoms with Gasteiger partial charge in [-0.2, -0.15) is 0 Å². The second kappa shape index (κ2) is 10.4. The summed E-state index contributed by atoms with van der Waals surface area (Å²) < 4.78 is 7.14. The quantitative estimate of drug-likeness (QED) is 0.446. The Morgan fingerprint density at radius 1 is 1.06 bits per heavy atom. The largest absolute Gasteiger partial charge is 0.490 e. The van der Waals surface area contributed by atoms with Gasteiger partial charge in [0.05, 0.1) is 18.1 Å². The highest BCUT2D eigenvalue weighted by Crippen LogP contribution is 2.31. The smallest absolute Gasteiger partial charge is 0.225 e. The number of aliphatic hydroxyl groups is 1. The number of carbonyl (C=O) groups excluding carboxylic acids is 1. The van der Waals surface area contributed by atoms with E-state index in [2.05, 4.69) is 44.8 Å². The molecule has 2 saturated heterocycles. The van der Waals surface area contributed by atoms with Gasteiger partial charge in [-0.25, -0.2) is 0 Å². The molecule has 1 aliphatic carbocycles. The van der Waals surface area contributed by atoms with Gasteiger partial charge in [0.1, 0.15) is 11.9 Å². The number of rotatable bonds is 9. The van der Waals surface area contributed by atoms with Crippen molar-refractivity contribution in [3.8, 4) is 5.75 Å². The molecule has 3 heterocycles. The summed E-state index contributed by atoms with van der Waals surface area (Å²) in [6.07, 6.45) is 5.01.